The van der Waals surface area contributed by atoms with Crippen LogP contribution in [-0.2, 0) is 14.6 Å². The molecule has 2 N–H and O–H groups in total. The zero-order valence-electron chi connectivity index (χ0n) is 10.2. The van der Waals surface area contributed by atoms with Crippen molar-refractivity contribution in [1.29, 1.82) is 0 Å². The van der Waals surface area contributed by atoms with Gasteiger partial charge in [0.25, 0.3) is 0 Å². The molecule has 1 aliphatic rings. The first kappa shape index (κ1) is 16.0. The molecule has 0 aromatic carbocycles. The molecular weight excluding hydrogens is 246 g/mol. The van der Waals surface area contributed by atoms with Crippen LogP contribution < -0.4 is 0 Å². The third-order valence-corrected chi connectivity index (χ3v) is 2.64. The summed E-state index contributed by atoms with van der Waals surface area (Å²) in [6.07, 6.45) is 5.58. The van der Waals surface area contributed by atoms with Gasteiger partial charge in [-0.25, -0.2) is 4.18 Å². The maximum Gasteiger partial charge on any atom is 0.397 e. The van der Waals surface area contributed by atoms with E-state index < -0.39 is 10.4 Å². The third-order valence-electron chi connectivity index (χ3n) is 2.10. The van der Waals surface area contributed by atoms with Crippen LogP contribution in [0.3, 0.4) is 0 Å². The summed E-state index contributed by atoms with van der Waals surface area (Å²) >= 11 is 0. The van der Waals surface area contributed by atoms with Gasteiger partial charge in [-0.1, -0.05) is 0 Å². The van der Waals surface area contributed by atoms with Crippen molar-refractivity contribution in [3.63, 3.8) is 0 Å². The smallest absolute Gasteiger partial charge is 0.397 e. The molecule has 0 amide bonds. The van der Waals surface area contributed by atoms with Crippen LogP contribution in [0.5, 0.6) is 0 Å². The SMILES string of the molecule is CCN1C=CC=C(O)C1C.CCOS(=O)(=O)O. The van der Waals surface area contributed by atoms with Crippen LogP contribution in [0.4, 0.5) is 0 Å². The van der Waals surface area contributed by atoms with Gasteiger partial charge in [-0.15, -0.1) is 0 Å². The molecule has 0 bridgehead atoms. The van der Waals surface area contributed by atoms with Crippen molar-refractivity contribution >= 4 is 10.4 Å². The molecule has 0 saturated carbocycles. The zero-order chi connectivity index (χ0) is 13.5. The molecular formula is C10H19NO5S. The quantitative estimate of drug-likeness (QED) is 0.752. The number of rotatable bonds is 3. The lowest BCUT2D eigenvalue weighted by molar-refractivity contribution is 0.248. The van der Waals surface area contributed by atoms with Gasteiger partial charge in [-0.2, -0.15) is 8.42 Å². The number of hydrogen-bond acceptors (Lipinski definition) is 5. The molecule has 6 nitrogen and oxygen atoms in total. The molecule has 0 radical (unpaired) electrons. The summed E-state index contributed by atoms with van der Waals surface area (Å²) in [5, 5.41) is 9.25. The largest absolute Gasteiger partial charge is 0.510 e. The highest BCUT2D eigenvalue weighted by molar-refractivity contribution is 7.80. The lowest BCUT2D eigenvalue weighted by Crippen LogP contribution is -2.31. The van der Waals surface area contributed by atoms with Gasteiger partial charge in [0.2, 0.25) is 0 Å². The van der Waals surface area contributed by atoms with Crippen LogP contribution in [0, 0.1) is 0 Å². The molecule has 1 unspecified atom stereocenters. The van der Waals surface area contributed by atoms with Gasteiger partial charge in [0.15, 0.2) is 0 Å². The minimum Gasteiger partial charge on any atom is -0.510 e. The van der Waals surface area contributed by atoms with Crippen molar-refractivity contribution in [2.75, 3.05) is 13.2 Å². The first-order chi connectivity index (χ1) is 7.81. The fraction of sp³-hybridized carbons (Fsp3) is 0.600. The average Bonchev–Trinajstić information content (AvgIpc) is 2.21. The van der Waals surface area contributed by atoms with Gasteiger partial charge >= 0.3 is 10.4 Å². The highest BCUT2D eigenvalue weighted by atomic mass is 32.3. The molecule has 0 fully saturated rings. The van der Waals surface area contributed by atoms with E-state index in [1.165, 1.54) is 6.92 Å². The third kappa shape index (κ3) is 6.98. The van der Waals surface area contributed by atoms with Crippen molar-refractivity contribution in [2.45, 2.75) is 26.8 Å². The summed E-state index contributed by atoms with van der Waals surface area (Å²) in [6, 6.07) is 0.148. The van der Waals surface area contributed by atoms with E-state index in [9.17, 15) is 13.5 Å². The Kier molecular flexibility index (Phi) is 6.86. The zero-order valence-corrected chi connectivity index (χ0v) is 11.0. The first-order valence-corrected chi connectivity index (χ1v) is 6.63. The van der Waals surface area contributed by atoms with Crippen LogP contribution >= 0.6 is 0 Å². The fourth-order valence-electron chi connectivity index (χ4n) is 1.22. The van der Waals surface area contributed by atoms with Crippen molar-refractivity contribution in [2.24, 2.45) is 0 Å². The molecule has 0 aromatic rings. The number of nitrogens with zero attached hydrogens (tertiary/aromatic N) is 1. The maximum absolute atomic E-state index is 9.56. The van der Waals surface area contributed by atoms with Gasteiger partial charge in [-0.05, 0) is 39.1 Å². The van der Waals surface area contributed by atoms with Crippen molar-refractivity contribution in [3.8, 4) is 0 Å². The Morgan fingerprint density at radius 3 is 2.35 bits per heavy atom. The predicted molar refractivity (Wildman–Crippen MR) is 64.9 cm³/mol. The Balaban J connectivity index is 0.000000325. The Bertz CT molecular complexity index is 374. The lowest BCUT2D eigenvalue weighted by Gasteiger charge is -2.27. The van der Waals surface area contributed by atoms with Gasteiger partial charge in [0.1, 0.15) is 5.76 Å². The molecule has 0 saturated heterocycles. The number of allylic oxidation sites excluding steroid dienone is 2. The summed E-state index contributed by atoms with van der Waals surface area (Å²) in [4.78, 5) is 2.08. The second-order valence-electron chi connectivity index (χ2n) is 3.27. The molecule has 0 aromatic heterocycles. The summed E-state index contributed by atoms with van der Waals surface area (Å²) in [6.45, 7) is 6.43. The summed E-state index contributed by atoms with van der Waals surface area (Å²) in [5.74, 6) is 0.448. The predicted octanol–water partition coefficient (Wildman–Crippen LogP) is 1.49. The minimum absolute atomic E-state index is 0.0289. The topological polar surface area (TPSA) is 87.1 Å². The molecule has 1 atom stereocenters. The van der Waals surface area contributed by atoms with E-state index >= 15 is 0 Å². The van der Waals surface area contributed by atoms with E-state index in [2.05, 4.69) is 16.0 Å². The summed E-state index contributed by atoms with van der Waals surface area (Å²) in [7, 11) is -4.17. The van der Waals surface area contributed by atoms with Gasteiger partial charge < -0.3 is 10.0 Å². The first-order valence-electron chi connectivity index (χ1n) is 5.26. The Labute approximate surface area is 102 Å². The molecule has 0 spiro atoms. The Hall–Kier alpha value is -1.05. The molecule has 0 aliphatic carbocycles. The maximum atomic E-state index is 9.56. The van der Waals surface area contributed by atoms with E-state index in [0.717, 1.165) is 6.54 Å². The van der Waals surface area contributed by atoms with E-state index in [1.54, 1.807) is 6.08 Å². The number of hydrogen-bond donors (Lipinski definition) is 2. The van der Waals surface area contributed by atoms with Crippen LogP contribution in [0.2, 0.25) is 0 Å². The Morgan fingerprint density at radius 2 is 2.06 bits per heavy atom. The second kappa shape index (κ2) is 7.31. The monoisotopic (exact) mass is 265 g/mol. The normalized spacial score (nSPS) is 19.4. The number of aliphatic hydroxyl groups is 1. The second-order valence-corrected chi connectivity index (χ2v) is 4.36. The number of aliphatic hydroxyl groups excluding tert-OH is 1. The summed E-state index contributed by atoms with van der Waals surface area (Å²) < 4.78 is 30.7. The van der Waals surface area contributed by atoms with Crippen molar-refractivity contribution < 1.29 is 22.3 Å². The molecule has 1 aliphatic heterocycles. The lowest BCUT2D eigenvalue weighted by atomic mass is 10.2. The highest BCUT2D eigenvalue weighted by Gasteiger charge is 2.13. The van der Waals surface area contributed by atoms with E-state index in [4.69, 9.17) is 4.55 Å². The van der Waals surface area contributed by atoms with Gasteiger partial charge in [0, 0.05) is 6.54 Å². The van der Waals surface area contributed by atoms with Gasteiger partial charge in [0.05, 0.1) is 12.6 Å². The molecule has 7 heteroatoms. The van der Waals surface area contributed by atoms with E-state index in [-0.39, 0.29) is 12.6 Å². The van der Waals surface area contributed by atoms with Crippen LogP contribution in [0.1, 0.15) is 20.8 Å². The van der Waals surface area contributed by atoms with Crippen LogP contribution in [0.15, 0.2) is 24.1 Å². The number of likely N-dealkylation sites (N-methyl/N-ethyl adjacent to an activating group) is 1. The summed E-state index contributed by atoms with van der Waals surface area (Å²) in [5.41, 5.74) is 0. The standard InChI is InChI=1S/C8H13NO.C2H6O4S/c1-3-9-6-4-5-8(10)7(9)2;1-2-6-7(3,4)5/h4-7,10H,3H2,1-2H3;2H2,1H3,(H,3,4,5). The van der Waals surface area contributed by atoms with Gasteiger partial charge in [-0.3, -0.25) is 4.55 Å². The molecule has 100 valence electrons. The van der Waals surface area contributed by atoms with Crippen LogP contribution in [-0.4, -0.2) is 42.2 Å². The minimum atomic E-state index is -4.17. The van der Waals surface area contributed by atoms with E-state index in [0.29, 0.717) is 5.76 Å². The fourth-order valence-corrected chi connectivity index (χ4v) is 1.52. The van der Waals surface area contributed by atoms with E-state index in [1.807, 2.05) is 19.2 Å². The van der Waals surface area contributed by atoms with Crippen LogP contribution in [0.25, 0.3) is 0 Å². The van der Waals surface area contributed by atoms with Crippen molar-refractivity contribution in [1.82, 2.24) is 4.90 Å². The Morgan fingerprint density at radius 1 is 1.47 bits per heavy atom. The molecule has 1 rings (SSSR count). The van der Waals surface area contributed by atoms with Crippen molar-refractivity contribution in [3.05, 3.63) is 24.1 Å². The molecule has 1 heterocycles. The highest BCUT2D eigenvalue weighted by Crippen LogP contribution is 2.12. The average molecular weight is 265 g/mol. The molecule has 17 heavy (non-hydrogen) atoms.